The Labute approximate surface area is 223 Å². The van der Waals surface area contributed by atoms with Gasteiger partial charge in [-0.3, -0.25) is 0 Å². The molecule has 37 heavy (non-hydrogen) atoms. The summed E-state index contributed by atoms with van der Waals surface area (Å²) < 4.78 is 0. The zero-order valence-corrected chi connectivity index (χ0v) is 23.5. The van der Waals surface area contributed by atoms with E-state index in [4.69, 9.17) is 0 Å². The predicted molar refractivity (Wildman–Crippen MR) is 166 cm³/mol. The van der Waals surface area contributed by atoms with Crippen molar-refractivity contribution in [2.24, 2.45) is 5.92 Å². The van der Waals surface area contributed by atoms with Gasteiger partial charge in [0.15, 0.2) is 0 Å². The van der Waals surface area contributed by atoms with Crippen LogP contribution in [0.1, 0.15) is 65.0 Å². The molecule has 3 aromatic rings. The second-order valence-electron chi connectivity index (χ2n) is 10.6. The highest BCUT2D eigenvalue weighted by Gasteiger charge is 2.35. The molecule has 0 saturated carbocycles. The van der Waals surface area contributed by atoms with Gasteiger partial charge < -0.3 is 4.90 Å². The molecule has 0 fully saturated rings. The second-order valence-corrected chi connectivity index (χ2v) is 10.6. The Morgan fingerprint density at radius 2 is 1.59 bits per heavy atom. The summed E-state index contributed by atoms with van der Waals surface area (Å²) in [4.78, 5) is 2.50. The quantitative estimate of drug-likeness (QED) is 0.173. The molecule has 1 nitrogen and oxygen atoms in total. The maximum absolute atomic E-state index is 4.49. The van der Waals surface area contributed by atoms with Gasteiger partial charge in [-0.1, -0.05) is 91.1 Å². The number of hydrogen-bond acceptors (Lipinski definition) is 1. The van der Waals surface area contributed by atoms with Crippen LogP contribution in [0, 0.1) is 12.8 Å². The van der Waals surface area contributed by atoms with Crippen LogP contribution in [0.5, 0.6) is 0 Å². The molecule has 0 spiro atoms. The minimum atomic E-state index is 0.331. The minimum absolute atomic E-state index is 0.331. The van der Waals surface area contributed by atoms with Gasteiger partial charge >= 0.3 is 0 Å². The minimum Gasteiger partial charge on any atom is -0.317 e. The molecule has 0 radical (unpaired) electrons. The van der Waals surface area contributed by atoms with Crippen molar-refractivity contribution >= 4 is 33.3 Å². The molecule has 1 unspecified atom stereocenters. The van der Waals surface area contributed by atoms with Crippen LogP contribution in [0.2, 0.25) is 0 Å². The lowest BCUT2D eigenvalue weighted by Crippen LogP contribution is -2.21. The Balaban J connectivity index is 1.83. The number of aryl methyl sites for hydroxylation is 1. The van der Waals surface area contributed by atoms with Crippen molar-refractivity contribution in [2.75, 3.05) is 4.90 Å². The monoisotopic (exact) mass is 487 g/mol. The fourth-order valence-corrected chi connectivity index (χ4v) is 5.97. The van der Waals surface area contributed by atoms with Crippen molar-refractivity contribution in [1.29, 1.82) is 0 Å². The van der Waals surface area contributed by atoms with Crippen molar-refractivity contribution in [1.82, 2.24) is 0 Å². The van der Waals surface area contributed by atoms with E-state index in [1.54, 1.807) is 0 Å². The molecular formula is C36H41N. The highest BCUT2D eigenvalue weighted by Crippen LogP contribution is 2.47. The number of hydrogen-bond donors (Lipinski definition) is 0. The fraction of sp³-hybridized carbons (Fsp3) is 0.278. The zero-order chi connectivity index (χ0) is 26.9. The van der Waals surface area contributed by atoms with Gasteiger partial charge in [-0.15, -0.1) is 0 Å². The summed E-state index contributed by atoms with van der Waals surface area (Å²) in [6, 6.07) is 15.6. The molecule has 0 aliphatic carbocycles. The van der Waals surface area contributed by atoms with Gasteiger partial charge in [0, 0.05) is 22.9 Å². The summed E-state index contributed by atoms with van der Waals surface area (Å²) in [5.74, 6) is 0.331. The average molecular weight is 488 g/mol. The topological polar surface area (TPSA) is 3.24 Å². The molecule has 3 aromatic carbocycles. The second kappa shape index (κ2) is 10.8. The number of rotatable bonds is 8. The number of fused-ring (bicyclic) bond motifs is 3. The summed E-state index contributed by atoms with van der Waals surface area (Å²) in [5, 5.41) is 5.13. The van der Waals surface area contributed by atoms with E-state index < -0.39 is 0 Å². The van der Waals surface area contributed by atoms with Gasteiger partial charge in [0.2, 0.25) is 0 Å². The summed E-state index contributed by atoms with van der Waals surface area (Å²) in [6.07, 6.45) is 9.12. The standard InChI is InChI=1S/C36H41N/c1-10-28(11-2)17-16-24(6)22-32-26(8)27(9)37(36(32)23(4)5)33-21-20-30-19-18-29-15-13-14-25(7)34(29)35(30)31(33)12-3/h10-15,18-21,32H,1,3,6,16-17,22H2,2,4-5,7-9H3/b28-11-. The van der Waals surface area contributed by atoms with Crippen LogP contribution >= 0.6 is 0 Å². The lowest BCUT2D eigenvalue weighted by molar-refractivity contribution is 0.685. The first kappa shape index (κ1) is 26.5. The molecule has 190 valence electrons. The molecule has 4 rings (SSSR count). The third-order valence-electron chi connectivity index (χ3n) is 8.10. The molecule has 0 N–H and O–H groups in total. The maximum atomic E-state index is 4.49. The molecule has 0 bridgehead atoms. The summed E-state index contributed by atoms with van der Waals surface area (Å²) in [7, 11) is 0. The van der Waals surface area contributed by atoms with Crippen molar-refractivity contribution in [3.63, 3.8) is 0 Å². The molecule has 0 saturated heterocycles. The van der Waals surface area contributed by atoms with Gasteiger partial charge in [0.1, 0.15) is 0 Å². The van der Waals surface area contributed by atoms with Crippen LogP contribution in [0.4, 0.5) is 5.69 Å². The van der Waals surface area contributed by atoms with Crippen LogP contribution < -0.4 is 4.90 Å². The number of anilines is 1. The lowest BCUT2D eigenvalue weighted by Gasteiger charge is -2.29. The van der Waals surface area contributed by atoms with Crippen molar-refractivity contribution in [3.8, 4) is 0 Å². The van der Waals surface area contributed by atoms with Crippen LogP contribution in [0.25, 0.3) is 27.6 Å². The largest absolute Gasteiger partial charge is 0.317 e. The maximum Gasteiger partial charge on any atom is 0.0534 e. The normalized spacial score (nSPS) is 16.2. The molecule has 1 heteroatoms. The summed E-state index contributed by atoms with van der Waals surface area (Å²) in [5.41, 5.74) is 11.8. The van der Waals surface area contributed by atoms with E-state index >= 15 is 0 Å². The fourth-order valence-electron chi connectivity index (χ4n) is 5.97. The van der Waals surface area contributed by atoms with E-state index in [1.165, 1.54) is 72.0 Å². The smallest absolute Gasteiger partial charge is 0.0534 e. The van der Waals surface area contributed by atoms with Gasteiger partial charge in [-0.05, 0) is 99.6 Å². The van der Waals surface area contributed by atoms with Gasteiger partial charge in [0.25, 0.3) is 0 Å². The third-order valence-corrected chi connectivity index (χ3v) is 8.10. The summed E-state index contributed by atoms with van der Waals surface area (Å²) in [6.45, 7) is 26.1. The number of nitrogens with zero attached hydrogens (tertiary/aromatic N) is 1. The molecule has 0 amide bonds. The molecule has 1 atom stereocenters. The molecule has 1 aliphatic rings. The Morgan fingerprint density at radius 3 is 2.22 bits per heavy atom. The Bertz CT molecular complexity index is 1500. The van der Waals surface area contributed by atoms with Crippen LogP contribution in [-0.2, 0) is 0 Å². The third kappa shape index (κ3) is 4.76. The predicted octanol–water partition coefficient (Wildman–Crippen LogP) is 10.8. The molecule has 1 heterocycles. The lowest BCUT2D eigenvalue weighted by atomic mass is 9.88. The van der Waals surface area contributed by atoms with Crippen molar-refractivity contribution in [3.05, 3.63) is 119 Å². The van der Waals surface area contributed by atoms with E-state index in [2.05, 4.69) is 121 Å². The first-order valence-corrected chi connectivity index (χ1v) is 13.4. The highest BCUT2D eigenvalue weighted by atomic mass is 15.2. The first-order valence-electron chi connectivity index (χ1n) is 13.4. The van der Waals surface area contributed by atoms with E-state index in [-0.39, 0.29) is 0 Å². The van der Waals surface area contributed by atoms with Gasteiger partial charge in [-0.2, -0.15) is 0 Å². The zero-order valence-electron chi connectivity index (χ0n) is 23.5. The average Bonchev–Trinajstić information content (AvgIpc) is 3.13. The Kier molecular flexibility index (Phi) is 7.73. The van der Waals surface area contributed by atoms with E-state index in [9.17, 15) is 0 Å². The number of allylic oxidation sites excluding steroid dienone is 7. The van der Waals surface area contributed by atoms with Crippen LogP contribution in [0.15, 0.2) is 108 Å². The van der Waals surface area contributed by atoms with Crippen LogP contribution in [-0.4, -0.2) is 0 Å². The van der Waals surface area contributed by atoms with E-state index in [0.29, 0.717) is 5.92 Å². The van der Waals surface area contributed by atoms with Gasteiger partial charge in [0.05, 0.1) is 5.69 Å². The Morgan fingerprint density at radius 1 is 0.919 bits per heavy atom. The Hall–Kier alpha value is -3.58. The summed E-state index contributed by atoms with van der Waals surface area (Å²) >= 11 is 0. The van der Waals surface area contributed by atoms with Crippen LogP contribution in [0.3, 0.4) is 0 Å². The van der Waals surface area contributed by atoms with Crippen molar-refractivity contribution < 1.29 is 0 Å². The molecular weight excluding hydrogens is 446 g/mol. The number of benzene rings is 3. The molecule has 0 aromatic heterocycles. The van der Waals surface area contributed by atoms with Gasteiger partial charge in [-0.25, -0.2) is 0 Å². The highest BCUT2D eigenvalue weighted by molar-refractivity contribution is 6.14. The molecule has 1 aliphatic heterocycles. The van der Waals surface area contributed by atoms with E-state index in [0.717, 1.165) is 19.3 Å². The SMILES string of the molecule is C=C/C(=C/C)CCC(=C)CC1C(C)=C(C)N(c2ccc3ccc4cccc(C)c4c3c2C=C)C1=C(C)C. The van der Waals surface area contributed by atoms with Crippen molar-refractivity contribution in [2.45, 2.75) is 60.8 Å². The first-order chi connectivity index (χ1) is 17.7. The van der Waals surface area contributed by atoms with E-state index in [1.807, 2.05) is 6.08 Å².